The first-order valence-corrected chi connectivity index (χ1v) is 8.73. The highest BCUT2D eigenvalue weighted by atomic mass is 19.1. The highest BCUT2D eigenvalue weighted by molar-refractivity contribution is 6.01. The zero-order chi connectivity index (χ0) is 19.2. The molecule has 0 bridgehead atoms. The van der Waals surface area contributed by atoms with Gasteiger partial charge in [-0.1, -0.05) is 18.2 Å². The molecule has 27 heavy (non-hydrogen) atoms. The van der Waals surface area contributed by atoms with E-state index in [0.29, 0.717) is 17.8 Å². The van der Waals surface area contributed by atoms with Crippen molar-refractivity contribution < 1.29 is 14.3 Å². The van der Waals surface area contributed by atoms with Crippen molar-refractivity contribution in [2.24, 2.45) is 0 Å². The van der Waals surface area contributed by atoms with Crippen LogP contribution in [0.1, 0.15) is 35.5 Å². The summed E-state index contributed by atoms with van der Waals surface area (Å²) in [5.41, 5.74) is 4.55. The van der Waals surface area contributed by atoms with E-state index in [-0.39, 0.29) is 11.7 Å². The monoisotopic (exact) mass is 362 g/mol. The first-order valence-electron chi connectivity index (χ1n) is 8.73. The molecule has 0 radical (unpaired) electrons. The number of carbonyl (C=O) groups excluding carboxylic acids is 1. The molecule has 3 aromatic rings. The Balaban J connectivity index is 1.89. The van der Waals surface area contributed by atoms with Crippen LogP contribution in [0, 0.1) is 5.82 Å². The summed E-state index contributed by atoms with van der Waals surface area (Å²) in [6.07, 6.45) is 1.71. The van der Waals surface area contributed by atoms with Gasteiger partial charge in [-0.3, -0.25) is 9.78 Å². The van der Waals surface area contributed by atoms with Gasteiger partial charge in [0.15, 0.2) is 0 Å². The van der Waals surface area contributed by atoms with Crippen LogP contribution in [0.2, 0.25) is 0 Å². The summed E-state index contributed by atoms with van der Waals surface area (Å²) in [6, 6.07) is 13.7. The molecular weight excluding hydrogens is 343 g/mol. The lowest BCUT2D eigenvalue weighted by molar-refractivity contribution is 0.0738. The minimum atomic E-state index is -1.02. The van der Waals surface area contributed by atoms with E-state index in [1.54, 1.807) is 38.2 Å². The third-order valence-corrected chi connectivity index (χ3v) is 4.78. The van der Waals surface area contributed by atoms with Gasteiger partial charge < -0.3 is 10.4 Å². The number of hydrogen-bond acceptors (Lipinski definition) is 3. The molecule has 1 aliphatic rings. The molecule has 5 heteroatoms. The van der Waals surface area contributed by atoms with Gasteiger partial charge in [-0.2, -0.15) is 0 Å². The zero-order valence-electron chi connectivity index (χ0n) is 15.1. The van der Waals surface area contributed by atoms with E-state index in [0.717, 1.165) is 27.8 Å². The lowest BCUT2D eigenvalue weighted by Gasteiger charge is -2.17. The minimum absolute atomic E-state index is 0.101. The van der Waals surface area contributed by atoms with Crippen molar-refractivity contribution in [3.05, 3.63) is 77.4 Å². The summed E-state index contributed by atoms with van der Waals surface area (Å²) in [5, 5.41) is 13.0. The minimum Gasteiger partial charge on any atom is -0.384 e. The first kappa shape index (κ1) is 17.4. The van der Waals surface area contributed by atoms with Crippen LogP contribution in [0.15, 0.2) is 54.7 Å². The summed E-state index contributed by atoms with van der Waals surface area (Å²) in [6.45, 7) is 3.86. The Kier molecular flexibility index (Phi) is 4.04. The van der Waals surface area contributed by atoms with E-state index >= 15 is 0 Å². The average molecular weight is 362 g/mol. The smallest absolute Gasteiger partial charge is 0.251 e. The summed E-state index contributed by atoms with van der Waals surface area (Å²) in [4.78, 5) is 16.5. The average Bonchev–Trinajstić information content (AvgIpc) is 3.01. The lowest BCUT2D eigenvalue weighted by atomic mass is 9.91. The Bertz CT molecular complexity index is 1020. The molecule has 1 aliphatic heterocycles. The number of nitrogens with zero attached hydrogens (tertiary/aromatic N) is 1. The fraction of sp³-hybridized carbons (Fsp3) is 0.182. The Morgan fingerprint density at radius 1 is 1.00 bits per heavy atom. The quantitative estimate of drug-likeness (QED) is 0.740. The largest absolute Gasteiger partial charge is 0.384 e. The first-order chi connectivity index (χ1) is 12.8. The molecule has 0 unspecified atom stereocenters. The van der Waals surface area contributed by atoms with Crippen LogP contribution in [-0.2, 0) is 12.1 Å². The van der Waals surface area contributed by atoms with E-state index in [1.807, 2.05) is 18.2 Å². The third kappa shape index (κ3) is 3.22. The number of hydrogen-bond donors (Lipinski definition) is 2. The second kappa shape index (κ2) is 6.28. The van der Waals surface area contributed by atoms with Gasteiger partial charge in [-0.15, -0.1) is 0 Å². The number of aromatic nitrogens is 1. The molecule has 1 aromatic heterocycles. The summed E-state index contributed by atoms with van der Waals surface area (Å²) in [7, 11) is 0. The molecule has 136 valence electrons. The van der Waals surface area contributed by atoms with Gasteiger partial charge in [0.2, 0.25) is 0 Å². The van der Waals surface area contributed by atoms with Crippen molar-refractivity contribution >= 4 is 5.91 Å². The molecule has 2 aromatic carbocycles. The van der Waals surface area contributed by atoms with Crippen LogP contribution in [0.3, 0.4) is 0 Å². The van der Waals surface area contributed by atoms with E-state index in [2.05, 4.69) is 10.3 Å². The number of halogens is 1. The number of fused-ring (bicyclic) bond motifs is 1. The molecule has 0 saturated carbocycles. The molecule has 0 fully saturated rings. The number of aliphatic hydroxyl groups is 1. The second-order valence-corrected chi connectivity index (χ2v) is 7.24. The van der Waals surface area contributed by atoms with Gasteiger partial charge in [0.25, 0.3) is 5.91 Å². The zero-order valence-corrected chi connectivity index (χ0v) is 15.1. The number of nitrogens with one attached hydrogen (secondary N) is 1. The molecule has 0 aliphatic carbocycles. The summed E-state index contributed by atoms with van der Waals surface area (Å²) in [5.74, 6) is -0.411. The number of amides is 1. The Morgan fingerprint density at radius 3 is 2.30 bits per heavy atom. The second-order valence-electron chi connectivity index (χ2n) is 7.24. The molecule has 0 spiro atoms. The topological polar surface area (TPSA) is 62.2 Å². The fourth-order valence-corrected chi connectivity index (χ4v) is 3.30. The molecule has 2 heterocycles. The molecule has 2 N–H and O–H groups in total. The third-order valence-electron chi connectivity index (χ3n) is 4.78. The molecule has 4 rings (SSSR count). The molecule has 0 saturated heterocycles. The maximum atomic E-state index is 13.4. The molecular formula is C22H19FN2O2. The van der Waals surface area contributed by atoms with Crippen LogP contribution in [0.4, 0.5) is 4.39 Å². The van der Waals surface area contributed by atoms with E-state index in [9.17, 15) is 14.3 Å². The fourth-order valence-electron chi connectivity index (χ4n) is 3.30. The standard InChI is InChI=1S/C22H19FN2O2/c1-22(2,27)20-8-5-14(11-24-20)17-9-15-12-25-21(26)19(15)10-18(17)13-3-6-16(23)7-4-13/h3-11,27H,12H2,1-2H3,(H,25,26). The van der Waals surface area contributed by atoms with Crippen LogP contribution in [0.25, 0.3) is 22.3 Å². The molecule has 4 nitrogen and oxygen atoms in total. The van der Waals surface area contributed by atoms with Crippen molar-refractivity contribution in [3.8, 4) is 22.3 Å². The Labute approximate surface area is 156 Å². The SMILES string of the molecule is CC(C)(O)c1ccc(-c2cc3c(cc2-c2ccc(F)cc2)C(=O)NC3)cn1. The lowest BCUT2D eigenvalue weighted by Crippen LogP contribution is -2.17. The summed E-state index contributed by atoms with van der Waals surface area (Å²) < 4.78 is 13.4. The van der Waals surface area contributed by atoms with Gasteiger partial charge >= 0.3 is 0 Å². The number of carbonyl (C=O) groups is 1. The van der Waals surface area contributed by atoms with Crippen LogP contribution >= 0.6 is 0 Å². The van der Waals surface area contributed by atoms with Crippen LogP contribution < -0.4 is 5.32 Å². The predicted octanol–water partition coefficient (Wildman–Crippen LogP) is 4.03. The highest BCUT2D eigenvalue weighted by Crippen LogP contribution is 2.36. The molecule has 0 atom stereocenters. The van der Waals surface area contributed by atoms with Crippen molar-refractivity contribution in [3.63, 3.8) is 0 Å². The maximum absolute atomic E-state index is 13.4. The Morgan fingerprint density at radius 2 is 1.67 bits per heavy atom. The number of benzene rings is 2. The van der Waals surface area contributed by atoms with Gasteiger partial charge in [-0.25, -0.2) is 4.39 Å². The highest BCUT2D eigenvalue weighted by Gasteiger charge is 2.23. The summed E-state index contributed by atoms with van der Waals surface area (Å²) >= 11 is 0. The maximum Gasteiger partial charge on any atom is 0.251 e. The Hall–Kier alpha value is -3.05. The predicted molar refractivity (Wildman–Crippen MR) is 101 cm³/mol. The van der Waals surface area contributed by atoms with Gasteiger partial charge in [-0.05, 0) is 66.4 Å². The van der Waals surface area contributed by atoms with E-state index in [1.165, 1.54) is 12.1 Å². The van der Waals surface area contributed by atoms with Gasteiger partial charge in [0.05, 0.1) is 5.69 Å². The van der Waals surface area contributed by atoms with Gasteiger partial charge in [0.1, 0.15) is 11.4 Å². The van der Waals surface area contributed by atoms with Crippen molar-refractivity contribution in [2.75, 3.05) is 0 Å². The van der Waals surface area contributed by atoms with E-state index < -0.39 is 5.60 Å². The normalized spacial score (nSPS) is 13.4. The number of rotatable bonds is 3. The molecule has 1 amide bonds. The van der Waals surface area contributed by atoms with Crippen molar-refractivity contribution in [1.29, 1.82) is 0 Å². The van der Waals surface area contributed by atoms with E-state index in [4.69, 9.17) is 0 Å². The van der Waals surface area contributed by atoms with Crippen molar-refractivity contribution in [1.82, 2.24) is 10.3 Å². The van der Waals surface area contributed by atoms with Crippen LogP contribution in [0.5, 0.6) is 0 Å². The number of pyridine rings is 1. The van der Waals surface area contributed by atoms with Crippen LogP contribution in [-0.4, -0.2) is 16.0 Å². The van der Waals surface area contributed by atoms with Crippen molar-refractivity contribution in [2.45, 2.75) is 26.0 Å². The van der Waals surface area contributed by atoms with Gasteiger partial charge in [0, 0.05) is 23.9 Å².